The number of rotatable bonds is 5. The van der Waals surface area contributed by atoms with Crippen LogP contribution in [0.5, 0.6) is 0 Å². The second kappa shape index (κ2) is 9.34. The zero-order valence-electron chi connectivity index (χ0n) is 13.9. The van der Waals surface area contributed by atoms with Crippen LogP contribution in [0.4, 0.5) is 0 Å². The molecule has 1 aliphatic rings. The molecule has 1 N–H and O–H groups in total. The number of likely N-dealkylation sites (tertiary alicyclic amines) is 1. The second-order valence-corrected chi connectivity index (χ2v) is 5.53. The Morgan fingerprint density at radius 2 is 2.27 bits per heavy atom. The first-order valence-electron chi connectivity index (χ1n) is 7.59. The Hall–Kier alpha value is -0.830. The molecule has 0 spiro atoms. The average molecular weight is 422 g/mol. The molecule has 22 heavy (non-hydrogen) atoms. The minimum Gasteiger partial charge on any atom is -0.384 e. The summed E-state index contributed by atoms with van der Waals surface area (Å²) in [5.74, 6) is 2.42. The average Bonchev–Trinajstić information content (AvgIpc) is 3.04. The molecule has 1 aliphatic heterocycles. The van der Waals surface area contributed by atoms with Gasteiger partial charge in [-0.05, 0) is 27.2 Å². The number of hydrogen-bond donors (Lipinski definition) is 1. The molecule has 1 saturated heterocycles. The predicted octanol–water partition coefficient (Wildman–Crippen LogP) is 2.34. The van der Waals surface area contributed by atoms with Crippen molar-refractivity contribution in [3.05, 3.63) is 17.0 Å². The summed E-state index contributed by atoms with van der Waals surface area (Å²) in [7, 11) is 1.76. The fourth-order valence-electron chi connectivity index (χ4n) is 2.70. The first kappa shape index (κ1) is 19.2. The third-order valence-corrected chi connectivity index (χ3v) is 3.89. The maximum Gasteiger partial charge on any atom is 0.194 e. The fourth-order valence-corrected chi connectivity index (χ4v) is 2.70. The summed E-state index contributed by atoms with van der Waals surface area (Å²) >= 11 is 0. The van der Waals surface area contributed by atoms with Gasteiger partial charge in [-0.25, -0.2) is 4.99 Å². The molecule has 1 atom stereocenters. The van der Waals surface area contributed by atoms with E-state index in [9.17, 15) is 0 Å². The lowest BCUT2D eigenvalue weighted by atomic mass is 10.1. The number of aryl methyl sites for hydroxylation is 2. The molecule has 2 rings (SSSR count). The van der Waals surface area contributed by atoms with Gasteiger partial charge >= 0.3 is 0 Å². The van der Waals surface area contributed by atoms with E-state index in [1.54, 1.807) is 7.11 Å². The molecule has 7 heteroatoms. The number of aliphatic imine (C=N–C) groups is 1. The van der Waals surface area contributed by atoms with Crippen molar-refractivity contribution in [3.63, 3.8) is 0 Å². The molecule has 6 nitrogen and oxygen atoms in total. The van der Waals surface area contributed by atoms with Gasteiger partial charge in [0.2, 0.25) is 0 Å². The minimum absolute atomic E-state index is 0. The molecule has 0 amide bonds. The van der Waals surface area contributed by atoms with Gasteiger partial charge in [0.15, 0.2) is 5.96 Å². The lowest BCUT2D eigenvalue weighted by molar-refractivity contribution is 0.157. The van der Waals surface area contributed by atoms with Crippen LogP contribution < -0.4 is 5.32 Å². The van der Waals surface area contributed by atoms with E-state index in [1.807, 2.05) is 13.8 Å². The second-order valence-electron chi connectivity index (χ2n) is 5.53. The molecule has 1 aromatic rings. The van der Waals surface area contributed by atoms with E-state index in [4.69, 9.17) is 14.3 Å². The fraction of sp³-hybridized carbons (Fsp3) is 0.733. The molecule has 0 saturated carbocycles. The van der Waals surface area contributed by atoms with Crippen molar-refractivity contribution < 1.29 is 9.26 Å². The molecule has 1 fully saturated rings. The lowest BCUT2D eigenvalue weighted by Crippen LogP contribution is -2.40. The normalized spacial score (nSPS) is 18.5. The number of hydrogen-bond acceptors (Lipinski definition) is 4. The van der Waals surface area contributed by atoms with Gasteiger partial charge in [0.1, 0.15) is 5.76 Å². The number of ether oxygens (including phenoxy) is 1. The van der Waals surface area contributed by atoms with Gasteiger partial charge in [-0.15, -0.1) is 24.0 Å². The topological polar surface area (TPSA) is 62.9 Å². The van der Waals surface area contributed by atoms with Crippen molar-refractivity contribution in [2.24, 2.45) is 10.9 Å². The van der Waals surface area contributed by atoms with E-state index in [-0.39, 0.29) is 24.0 Å². The monoisotopic (exact) mass is 422 g/mol. The maximum atomic E-state index is 5.26. The minimum atomic E-state index is 0. The highest BCUT2D eigenvalue weighted by molar-refractivity contribution is 14.0. The molecule has 0 aliphatic carbocycles. The number of aromatic nitrogens is 1. The zero-order chi connectivity index (χ0) is 15.2. The first-order valence-corrected chi connectivity index (χ1v) is 7.59. The Labute approximate surface area is 149 Å². The smallest absolute Gasteiger partial charge is 0.194 e. The molecule has 126 valence electrons. The van der Waals surface area contributed by atoms with Crippen LogP contribution in [-0.4, -0.2) is 49.4 Å². The van der Waals surface area contributed by atoms with Crippen molar-refractivity contribution in [3.8, 4) is 0 Å². The molecular formula is C15H27IN4O2. The van der Waals surface area contributed by atoms with Gasteiger partial charge in [0, 0.05) is 38.2 Å². The molecule has 0 radical (unpaired) electrons. The third-order valence-electron chi connectivity index (χ3n) is 3.89. The molecule has 0 bridgehead atoms. The predicted molar refractivity (Wildman–Crippen MR) is 97.8 cm³/mol. The maximum absolute atomic E-state index is 5.26. The van der Waals surface area contributed by atoms with Gasteiger partial charge in [0.05, 0.1) is 18.8 Å². The van der Waals surface area contributed by atoms with Gasteiger partial charge in [-0.2, -0.15) is 0 Å². The molecule has 1 aromatic heterocycles. The SMILES string of the molecule is CCNC(=NCc1c(C)noc1C)N1CCC(COC)C1.I. The summed E-state index contributed by atoms with van der Waals surface area (Å²) in [5, 5.41) is 7.35. The molecule has 0 aromatic carbocycles. The van der Waals surface area contributed by atoms with E-state index in [0.29, 0.717) is 12.5 Å². The van der Waals surface area contributed by atoms with Crippen LogP contribution >= 0.6 is 24.0 Å². The number of halogens is 1. The summed E-state index contributed by atoms with van der Waals surface area (Å²) in [5.41, 5.74) is 2.00. The van der Waals surface area contributed by atoms with E-state index in [0.717, 1.165) is 55.6 Å². The lowest BCUT2D eigenvalue weighted by Gasteiger charge is -2.21. The Balaban J connectivity index is 0.00000242. The van der Waals surface area contributed by atoms with Crippen LogP contribution in [0.1, 0.15) is 30.4 Å². The highest BCUT2D eigenvalue weighted by Gasteiger charge is 2.24. The Morgan fingerprint density at radius 3 is 2.86 bits per heavy atom. The summed E-state index contributed by atoms with van der Waals surface area (Å²) in [6.07, 6.45) is 1.16. The quantitative estimate of drug-likeness (QED) is 0.449. The summed E-state index contributed by atoms with van der Waals surface area (Å²) in [6.45, 7) is 10.3. The van der Waals surface area contributed by atoms with Gasteiger partial charge in [-0.1, -0.05) is 5.16 Å². The molecule has 1 unspecified atom stereocenters. The van der Waals surface area contributed by atoms with Crippen LogP contribution in [0.3, 0.4) is 0 Å². The number of guanidine groups is 1. The third kappa shape index (κ3) is 4.84. The van der Waals surface area contributed by atoms with Gasteiger partial charge in [-0.3, -0.25) is 0 Å². The standard InChI is InChI=1S/C15H26N4O2.HI/c1-5-16-15(19-7-6-13(9-19)10-20-4)17-8-14-11(2)18-21-12(14)3;/h13H,5-10H2,1-4H3,(H,16,17);1H. The van der Waals surface area contributed by atoms with E-state index in [2.05, 4.69) is 22.3 Å². The summed E-state index contributed by atoms with van der Waals surface area (Å²) in [4.78, 5) is 7.06. The van der Waals surface area contributed by atoms with Crippen molar-refractivity contribution in [1.82, 2.24) is 15.4 Å². The van der Waals surface area contributed by atoms with Crippen molar-refractivity contribution in [1.29, 1.82) is 0 Å². The number of nitrogens with zero attached hydrogens (tertiary/aromatic N) is 3. The van der Waals surface area contributed by atoms with Gasteiger partial charge in [0.25, 0.3) is 0 Å². The van der Waals surface area contributed by atoms with Crippen LogP contribution in [0.15, 0.2) is 9.52 Å². The van der Waals surface area contributed by atoms with Crippen LogP contribution in [0.2, 0.25) is 0 Å². The largest absolute Gasteiger partial charge is 0.384 e. The highest BCUT2D eigenvalue weighted by Crippen LogP contribution is 2.18. The first-order chi connectivity index (χ1) is 10.2. The van der Waals surface area contributed by atoms with Crippen molar-refractivity contribution >= 4 is 29.9 Å². The van der Waals surface area contributed by atoms with E-state index < -0.39 is 0 Å². The Morgan fingerprint density at radius 1 is 1.50 bits per heavy atom. The zero-order valence-corrected chi connectivity index (χ0v) is 16.2. The van der Waals surface area contributed by atoms with Crippen molar-refractivity contribution in [2.45, 2.75) is 33.7 Å². The van der Waals surface area contributed by atoms with Crippen molar-refractivity contribution in [2.75, 3.05) is 33.4 Å². The molecule has 2 heterocycles. The van der Waals surface area contributed by atoms with Crippen LogP contribution in [0.25, 0.3) is 0 Å². The van der Waals surface area contributed by atoms with Crippen LogP contribution in [-0.2, 0) is 11.3 Å². The van der Waals surface area contributed by atoms with Crippen LogP contribution in [0, 0.1) is 19.8 Å². The van der Waals surface area contributed by atoms with E-state index in [1.165, 1.54) is 0 Å². The van der Waals surface area contributed by atoms with Gasteiger partial charge < -0.3 is 19.5 Å². The Bertz CT molecular complexity index is 470. The van der Waals surface area contributed by atoms with E-state index >= 15 is 0 Å². The highest BCUT2D eigenvalue weighted by atomic mass is 127. The number of methoxy groups -OCH3 is 1. The summed E-state index contributed by atoms with van der Waals surface area (Å²) in [6, 6.07) is 0. The molecular weight excluding hydrogens is 395 g/mol. The number of nitrogens with one attached hydrogen (secondary N) is 1. The Kier molecular flexibility index (Phi) is 8.16. The summed E-state index contributed by atoms with van der Waals surface area (Å²) < 4.78 is 10.4.